The standard InChI is InChI=1S/C12H19O3PS/c1-10(2)14-16(13,15-11(3)4)17-12-8-6-5-7-9-12/h5-11H,1-4H3. The lowest BCUT2D eigenvalue weighted by atomic mass is 10.4. The van der Waals surface area contributed by atoms with Crippen LogP contribution in [0.5, 0.6) is 0 Å². The maximum atomic E-state index is 12.5. The summed E-state index contributed by atoms with van der Waals surface area (Å²) in [6, 6.07) is 9.51. The molecule has 0 atom stereocenters. The molecule has 0 saturated heterocycles. The SMILES string of the molecule is CC(C)OP(=O)(OC(C)C)Sc1ccccc1. The molecule has 0 amide bonds. The fourth-order valence-corrected chi connectivity index (χ4v) is 5.33. The van der Waals surface area contributed by atoms with Crippen LogP contribution in [0.3, 0.4) is 0 Å². The summed E-state index contributed by atoms with van der Waals surface area (Å²) < 4.78 is 23.4. The molecule has 5 heteroatoms. The van der Waals surface area contributed by atoms with Crippen molar-refractivity contribution in [3.05, 3.63) is 30.3 Å². The molecule has 96 valence electrons. The third kappa shape index (κ3) is 5.73. The van der Waals surface area contributed by atoms with Crippen LogP contribution in [0, 0.1) is 0 Å². The van der Waals surface area contributed by atoms with E-state index in [0.29, 0.717) is 0 Å². The van der Waals surface area contributed by atoms with Gasteiger partial charge in [-0.15, -0.1) is 0 Å². The smallest absolute Gasteiger partial charge is 0.298 e. The van der Waals surface area contributed by atoms with Gasteiger partial charge in [0.15, 0.2) is 0 Å². The number of hydrogen-bond donors (Lipinski definition) is 0. The molecule has 0 aliphatic heterocycles. The first-order chi connectivity index (χ1) is 7.91. The van der Waals surface area contributed by atoms with Gasteiger partial charge in [0, 0.05) is 4.90 Å². The second-order valence-electron chi connectivity index (χ2n) is 4.16. The Morgan fingerprint density at radius 1 is 1.00 bits per heavy atom. The topological polar surface area (TPSA) is 35.5 Å². The Labute approximate surface area is 107 Å². The molecule has 0 heterocycles. The van der Waals surface area contributed by atoms with Crippen LogP contribution in [0.1, 0.15) is 27.7 Å². The van der Waals surface area contributed by atoms with Crippen LogP contribution in [-0.4, -0.2) is 12.2 Å². The van der Waals surface area contributed by atoms with E-state index in [1.54, 1.807) is 0 Å². The van der Waals surface area contributed by atoms with Crippen LogP contribution >= 0.6 is 18.2 Å². The minimum absolute atomic E-state index is 0.129. The monoisotopic (exact) mass is 274 g/mol. The van der Waals surface area contributed by atoms with Crippen molar-refractivity contribution < 1.29 is 13.6 Å². The highest BCUT2D eigenvalue weighted by molar-refractivity contribution is 8.55. The van der Waals surface area contributed by atoms with E-state index < -0.39 is 6.80 Å². The van der Waals surface area contributed by atoms with Crippen LogP contribution in [-0.2, 0) is 13.6 Å². The van der Waals surface area contributed by atoms with Gasteiger partial charge in [-0.05, 0) is 51.2 Å². The second kappa shape index (κ2) is 6.60. The molecule has 1 aromatic rings. The van der Waals surface area contributed by atoms with E-state index in [2.05, 4.69) is 0 Å². The van der Waals surface area contributed by atoms with Gasteiger partial charge in [0.05, 0.1) is 12.2 Å². The molecule has 3 nitrogen and oxygen atoms in total. The molecule has 0 aliphatic rings. The van der Waals surface area contributed by atoms with Gasteiger partial charge in [0.1, 0.15) is 0 Å². The first-order valence-electron chi connectivity index (χ1n) is 5.63. The molecule has 0 bridgehead atoms. The van der Waals surface area contributed by atoms with E-state index in [1.165, 1.54) is 0 Å². The van der Waals surface area contributed by atoms with Crippen molar-refractivity contribution >= 4 is 18.2 Å². The lowest BCUT2D eigenvalue weighted by molar-refractivity contribution is 0.156. The third-order valence-corrected chi connectivity index (χ3v) is 5.53. The average Bonchev–Trinajstić information content (AvgIpc) is 2.15. The zero-order valence-corrected chi connectivity index (χ0v) is 12.3. The second-order valence-corrected chi connectivity index (χ2v) is 8.02. The Balaban J connectivity index is 2.80. The average molecular weight is 274 g/mol. The van der Waals surface area contributed by atoms with E-state index in [0.717, 1.165) is 16.3 Å². The van der Waals surface area contributed by atoms with Crippen molar-refractivity contribution in [1.29, 1.82) is 0 Å². The van der Waals surface area contributed by atoms with Gasteiger partial charge in [0.2, 0.25) is 0 Å². The first-order valence-corrected chi connectivity index (χ1v) is 8.59. The molecule has 0 aromatic heterocycles. The van der Waals surface area contributed by atoms with Crippen molar-refractivity contribution in [1.82, 2.24) is 0 Å². The molecule has 0 spiro atoms. The van der Waals surface area contributed by atoms with Crippen molar-refractivity contribution in [3.63, 3.8) is 0 Å². The summed E-state index contributed by atoms with van der Waals surface area (Å²) in [5, 5.41) is 0. The van der Waals surface area contributed by atoms with Crippen LogP contribution in [0.15, 0.2) is 35.2 Å². The van der Waals surface area contributed by atoms with Crippen molar-refractivity contribution in [3.8, 4) is 0 Å². The Bertz CT molecular complexity index is 365. The summed E-state index contributed by atoms with van der Waals surface area (Å²) in [6.45, 7) is 4.26. The first kappa shape index (κ1) is 14.8. The minimum Gasteiger partial charge on any atom is -0.298 e. The summed E-state index contributed by atoms with van der Waals surface area (Å²) in [5.74, 6) is 0. The molecule has 1 rings (SSSR count). The maximum Gasteiger partial charge on any atom is 0.394 e. The fourth-order valence-electron chi connectivity index (χ4n) is 1.19. The molecule has 0 radical (unpaired) electrons. The molecule has 0 unspecified atom stereocenters. The van der Waals surface area contributed by atoms with Gasteiger partial charge >= 0.3 is 6.80 Å². The van der Waals surface area contributed by atoms with Gasteiger partial charge in [-0.25, -0.2) is 4.57 Å². The van der Waals surface area contributed by atoms with Crippen LogP contribution in [0.4, 0.5) is 0 Å². The molecule has 0 saturated carbocycles. The third-order valence-electron chi connectivity index (χ3n) is 1.64. The Kier molecular flexibility index (Phi) is 5.74. The quantitative estimate of drug-likeness (QED) is 0.702. The summed E-state index contributed by atoms with van der Waals surface area (Å²) in [6.07, 6.45) is -0.258. The van der Waals surface area contributed by atoms with Crippen molar-refractivity contribution in [2.45, 2.75) is 44.8 Å². The van der Waals surface area contributed by atoms with E-state index in [9.17, 15) is 4.57 Å². The molecular weight excluding hydrogens is 255 g/mol. The molecule has 17 heavy (non-hydrogen) atoms. The Hall–Kier alpha value is -0.280. The summed E-state index contributed by atoms with van der Waals surface area (Å²) in [4.78, 5) is 0.886. The predicted octanol–water partition coefficient (Wildman–Crippen LogP) is 4.74. The lowest BCUT2D eigenvalue weighted by Crippen LogP contribution is -2.05. The normalized spacial score (nSPS) is 12.4. The zero-order valence-electron chi connectivity index (χ0n) is 10.6. The summed E-state index contributed by atoms with van der Waals surface area (Å²) in [7, 11) is 0. The summed E-state index contributed by atoms with van der Waals surface area (Å²) in [5.41, 5.74) is 0. The minimum atomic E-state index is -3.14. The van der Waals surface area contributed by atoms with E-state index in [-0.39, 0.29) is 12.2 Å². The summed E-state index contributed by atoms with van der Waals surface area (Å²) >= 11 is 1.16. The molecule has 0 N–H and O–H groups in total. The van der Waals surface area contributed by atoms with Gasteiger partial charge in [-0.1, -0.05) is 18.2 Å². The van der Waals surface area contributed by atoms with Gasteiger partial charge in [0.25, 0.3) is 0 Å². The highest BCUT2D eigenvalue weighted by Gasteiger charge is 2.29. The molecule has 1 aromatic carbocycles. The fraction of sp³-hybridized carbons (Fsp3) is 0.500. The predicted molar refractivity (Wildman–Crippen MR) is 72.3 cm³/mol. The van der Waals surface area contributed by atoms with E-state index in [1.807, 2.05) is 58.0 Å². The van der Waals surface area contributed by atoms with Crippen LogP contribution < -0.4 is 0 Å². The van der Waals surface area contributed by atoms with Gasteiger partial charge < -0.3 is 0 Å². The van der Waals surface area contributed by atoms with Crippen LogP contribution in [0.25, 0.3) is 0 Å². The Morgan fingerprint density at radius 3 is 1.88 bits per heavy atom. The van der Waals surface area contributed by atoms with E-state index >= 15 is 0 Å². The zero-order chi connectivity index (χ0) is 12.9. The largest absolute Gasteiger partial charge is 0.394 e. The lowest BCUT2D eigenvalue weighted by Gasteiger charge is -2.21. The Morgan fingerprint density at radius 2 is 1.47 bits per heavy atom. The molecule has 0 aliphatic carbocycles. The van der Waals surface area contributed by atoms with Crippen molar-refractivity contribution in [2.24, 2.45) is 0 Å². The number of rotatable bonds is 6. The molecular formula is C12H19O3PS. The highest BCUT2D eigenvalue weighted by Crippen LogP contribution is 2.64. The molecule has 0 fully saturated rings. The van der Waals surface area contributed by atoms with Crippen LogP contribution in [0.2, 0.25) is 0 Å². The maximum absolute atomic E-state index is 12.5. The highest BCUT2D eigenvalue weighted by atomic mass is 32.7. The van der Waals surface area contributed by atoms with Crippen molar-refractivity contribution in [2.75, 3.05) is 0 Å². The number of hydrogen-bond acceptors (Lipinski definition) is 4. The van der Waals surface area contributed by atoms with Gasteiger partial charge in [-0.3, -0.25) is 9.05 Å². The number of benzene rings is 1. The van der Waals surface area contributed by atoms with Gasteiger partial charge in [-0.2, -0.15) is 0 Å². The van der Waals surface area contributed by atoms with E-state index in [4.69, 9.17) is 9.05 Å².